The first-order valence-electron chi connectivity index (χ1n) is 10.5. The fourth-order valence-corrected chi connectivity index (χ4v) is 3.74. The molecule has 1 heterocycles. The number of methoxy groups -OCH3 is 1. The van der Waals surface area contributed by atoms with Crippen molar-refractivity contribution in [1.82, 2.24) is 9.91 Å². The van der Waals surface area contributed by atoms with Crippen LogP contribution in [0.5, 0.6) is 0 Å². The number of hydrogen-bond donors (Lipinski definition) is 0. The zero-order chi connectivity index (χ0) is 23.3. The SMILES string of the molecule is COCCN(CC(=O)N1N=C(c2ccccc2F)C[C@H]1c1ccc(Cl)cc1)C(=O)C(C)C. The normalized spacial score (nSPS) is 15.8. The number of carbonyl (C=O) groups excluding carboxylic acids is 2. The van der Waals surface area contributed by atoms with Crippen LogP contribution in [0.3, 0.4) is 0 Å². The van der Waals surface area contributed by atoms with Crippen LogP contribution in [-0.4, -0.2) is 54.2 Å². The summed E-state index contributed by atoms with van der Waals surface area (Å²) in [6.45, 7) is 4.04. The van der Waals surface area contributed by atoms with Gasteiger partial charge in [0.2, 0.25) is 5.91 Å². The molecule has 32 heavy (non-hydrogen) atoms. The zero-order valence-corrected chi connectivity index (χ0v) is 19.2. The maximum atomic E-state index is 14.4. The summed E-state index contributed by atoms with van der Waals surface area (Å²) < 4.78 is 19.5. The van der Waals surface area contributed by atoms with Gasteiger partial charge in [0.05, 0.1) is 18.4 Å². The molecule has 2 aromatic rings. The quantitative estimate of drug-likeness (QED) is 0.591. The van der Waals surface area contributed by atoms with Crippen molar-refractivity contribution in [1.29, 1.82) is 0 Å². The highest BCUT2D eigenvalue weighted by molar-refractivity contribution is 6.30. The largest absolute Gasteiger partial charge is 0.383 e. The molecule has 0 saturated heterocycles. The van der Waals surface area contributed by atoms with E-state index in [4.69, 9.17) is 16.3 Å². The third kappa shape index (κ3) is 5.53. The molecule has 0 N–H and O–H groups in total. The number of nitrogens with zero attached hydrogens (tertiary/aromatic N) is 3. The van der Waals surface area contributed by atoms with Gasteiger partial charge in [-0.2, -0.15) is 5.10 Å². The molecule has 0 unspecified atom stereocenters. The number of ether oxygens (including phenoxy) is 1. The van der Waals surface area contributed by atoms with Crippen molar-refractivity contribution in [2.75, 3.05) is 26.8 Å². The topological polar surface area (TPSA) is 62.2 Å². The highest BCUT2D eigenvalue weighted by Gasteiger charge is 2.35. The van der Waals surface area contributed by atoms with Crippen LogP contribution in [-0.2, 0) is 14.3 Å². The van der Waals surface area contributed by atoms with Crippen LogP contribution in [0.4, 0.5) is 4.39 Å². The Labute approximate surface area is 192 Å². The molecule has 0 bridgehead atoms. The number of benzene rings is 2. The lowest BCUT2D eigenvalue weighted by atomic mass is 9.98. The zero-order valence-electron chi connectivity index (χ0n) is 18.4. The third-order valence-corrected chi connectivity index (χ3v) is 5.55. The first-order chi connectivity index (χ1) is 15.3. The summed E-state index contributed by atoms with van der Waals surface area (Å²) in [6, 6.07) is 13.1. The number of carbonyl (C=O) groups is 2. The molecular formula is C24H27ClFN3O3. The number of amides is 2. The molecule has 1 aliphatic rings. The molecule has 1 aliphatic heterocycles. The van der Waals surface area contributed by atoms with Crippen LogP contribution in [0.15, 0.2) is 53.6 Å². The molecule has 6 nitrogen and oxygen atoms in total. The van der Waals surface area contributed by atoms with Gasteiger partial charge in [0, 0.05) is 36.6 Å². The smallest absolute Gasteiger partial charge is 0.262 e. The van der Waals surface area contributed by atoms with Crippen LogP contribution in [0.1, 0.15) is 37.4 Å². The lowest BCUT2D eigenvalue weighted by Gasteiger charge is -2.28. The van der Waals surface area contributed by atoms with E-state index in [1.165, 1.54) is 16.0 Å². The fourth-order valence-electron chi connectivity index (χ4n) is 3.61. The second-order valence-corrected chi connectivity index (χ2v) is 8.38. The molecule has 0 fully saturated rings. The predicted octanol–water partition coefficient (Wildman–Crippen LogP) is 4.29. The van der Waals surface area contributed by atoms with E-state index in [9.17, 15) is 14.0 Å². The first-order valence-corrected chi connectivity index (χ1v) is 10.9. The number of hydrazone groups is 1. The molecule has 170 valence electrons. The van der Waals surface area contributed by atoms with Crippen molar-refractivity contribution < 1.29 is 18.7 Å². The molecule has 0 saturated carbocycles. The van der Waals surface area contributed by atoms with Gasteiger partial charge in [-0.15, -0.1) is 0 Å². The van der Waals surface area contributed by atoms with Gasteiger partial charge in [0.1, 0.15) is 12.4 Å². The number of hydrogen-bond acceptors (Lipinski definition) is 4. The molecule has 0 spiro atoms. The van der Waals surface area contributed by atoms with E-state index in [0.717, 1.165) is 5.56 Å². The van der Waals surface area contributed by atoms with Gasteiger partial charge in [0.15, 0.2) is 0 Å². The molecular weight excluding hydrogens is 433 g/mol. The minimum atomic E-state index is -0.423. The molecule has 0 radical (unpaired) electrons. The Morgan fingerprint density at radius 3 is 2.53 bits per heavy atom. The molecule has 0 aliphatic carbocycles. The van der Waals surface area contributed by atoms with Gasteiger partial charge in [-0.3, -0.25) is 9.59 Å². The Hall–Kier alpha value is -2.77. The Kier molecular flexibility index (Phi) is 7.99. The molecule has 3 rings (SSSR count). The molecule has 2 aromatic carbocycles. The minimum absolute atomic E-state index is 0.140. The summed E-state index contributed by atoms with van der Waals surface area (Å²) in [6.07, 6.45) is 0.352. The van der Waals surface area contributed by atoms with Crippen molar-refractivity contribution in [2.24, 2.45) is 11.0 Å². The monoisotopic (exact) mass is 459 g/mol. The van der Waals surface area contributed by atoms with Gasteiger partial charge in [-0.05, 0) is 23.8 Å². The van der Waals surface area contributed by atoms with Crippen LogP contribution in [0, 0.1) is 11.7 Å². The Morgan fingerprint density at radius 2 is 1.91 bits per heavy atom. The van der Waals surface area contributed by atoms with Gasteiger partial charge in [0.25, 0.3) is 5.91 Å². The fraction of sp³-hybridized carbons (Fsp3) is 0.375. The molecule has 8 heteroatoms. The summed E-state index contributed by atoms with van der Waals surface area (Å²) in [5.74, 6) is -1.15. The maximum absolute atomic E-state index is 14.4. The van der Waals surface area contributed by atoms with E-state index in [1.807, 2.05) is 12.1 Å². The van der Waals surface area contributed by atoms with Crippen LogP contribution in [0.25, 0.3) is 0 Å². The summed E-state index contributed by atoms with van der Waals surface area (Å²) in [7, 11) is 1.54. The van der Waals surface area contributed by atoms with E-state index in [1.54, 1.807) is 51.3 Å². The number of rotatable bonds is 8. The Morgan fingerprint density at radius 1 is 1.22 bits per heavy atom. The third-order valence-electron chi connectivity index (χ3n) is 5.30. The maximum Gasteiger partial charge on any atom is 0.262 e. The second-order valence-electron chi connectivity index (χ2n) is 7.94. The lowest BCUT2D eigenvalue weighted by Crippen LogP contribution is -2.44. The van der Waals surface area contributed by atoms with Crippen molar-refractivity contribution in [3.05, 3.63) is 70.5 Å². The predicted molar refractivity (Wildman–Crippen MR) is 122 cm³/mol. The van der Waals surface area contributed by atoms with E-state index < -0.39 is 11.9 Å². The minimum Gasteiger partial charge on any atom is -0.383 e. The van der Waals surface area contributed by atoms with Gasteiger partial charge < -0.3 is 9.64 Å². The van der Waals surface area contributed by atoms with Gasteiger partial charge in [-0.1, -0.05) is 55.8 Å². The van der Waals surface area contributed by atoms with Crippen LogP contribution >= 0.6 is 11.6 Å². The van der Waals surface area contributed by atoms with E-state index in [-0.39, 0.29) is 24.3 Å². The van der Waals surface area contributed by atoms with Crippen LogP contribution < -0.4 is 0 Å². The highest BCUT2D eigenvalue weighted by Crippen LogP contribution is 2.34. The van der Waals surface area contributed by atoms with E-state index in [2.05, 4.69) is 5.10 Å². The van der Waals surface area contributed by atoms with Crippen molar-refractivity contribution in [2.45, 2.75) is 26.3 Å². The second kappa shape index (κ2) is 10.7. The number of halogens is 2. The van der Waals surface area contributed by atoms with Crippen molar-refractivity contribution >= 4 is 29.1 Å². The average Bonchev–Trinajstić information content (AvgIpc) is 3.22. The molecule has 0 aromatic heterocycles. The summed E-state index contributed by atoms with van der Waals surface area (Å²) in [5, 5.41) is 6.43. The summed E-state index contributed by atoms with van der Waals surface area (Å²) in [4.78, 5) is 27.4. The van der Waals surface area contributed by atoms with E-state index in [0.29, 0.717) is 35.9 Å². The van der Waals surface area contributed by atoms with Crippen molar-refractivity contribution in [3.8, 4) is 0 Å². The van der Waals surface area contributed by atoms with Crippen LogP contribution in [0.2, 0.25) is 5.02 Å². The Balaban J connectivity index is 1.91. The van der Waals surface area contributed by atoms with Gasteiger partial charge >= 0.3 is 0 Å². The summed E-state index contributed by atoms with van der Waals surface area (Å²) in [5.41, 5.74) is 1.67. The lowest BCUT2D eigenvalue weighted by molar-refractivity contribution is -0.143. The molecule has 2 amide bonds. The standard InChI is InChI=1S/C24H27ClFN3O3/c1-16(2)24(31)28(12-13-32-3)15-23(30)29-22(17-8-10-18(25)11-9-17)14-21(27-29)19-6-4-5-7-20(19)26/h4-11,16,22H,12-15H2,1-3H3/t22-/m0/s1. The highest BCUT2D eigenvalue weighted by atomic mass is 35.5. The van der Waals surface area contributed by atoms with Gasteiger partial charge in [-0.25, -0.2) is 9.40 Å². The molecule has 1 atom stereocenters. The average molecular weight is 460 g/mol. The Bertz CT molecular complexity index is 994. The van der Waals surface area contributed by atoms with Crippen molar-refractivity contribution in [3.63, 3.8) is 0 Å². The summed E-state index contributed by atoms with van der Waals surface area (Å²) >= 11 is 6.03. The van der Waals surface area contributed by atoms with E-state index >= 15 is 0 Å². The first kappa shape index (κ1) is 23.9.